The molecular formula is C15H21N3O2. The second kappa shape index (κ2) is 6.41. The fraction of sp³-hybridized carbons (Fsp3) is 0.467. The highest BCUT2D eigenvalue weighted by Gasteiger charge is 2.22. The quantitative estimate of drug-likeness (QED) is 0.883. The minimum absolute atomic E-state index is 0.169. The molecule has 5 nitrogen and oxygen atoms in total. The number of hydrogen-bond donors (Lipinski definition) is 2. The third kappa shape index (κ3) is 3.29. The van der Waals surface area contributed by atoms with Gasteiger partial charge in [0.1, 0.15) is 0 Å². The normalized spacial score (nSPS) is 15.1. The Morgan fingerprint density at radius 3 is 2.65 bits per heavy atom. The van der Waals surface area contributed by atoms with Crippen molar-refractivity contribution in [3.8, 4) is 0 Å². The van der Waals surface area contributed by atoms with E-state index in [9.17, 15) is 9.59 Å². The van der Waals surface area contributed by atoms with E-state index in [0.29, 0.717) is 23.7 Å². The summed E-state index contributed by atoms with van der Waals surface area (Å²) in [5.74, 6) is 0.336. The largest absolute Gasteiger partial charge is 0.355 e. The molecule has 0 aliphatic heterocycles. The van der Waals surface area contributed by atoms with Crippen molar-refractivity contribution in [2.75, 3.05) is 18.5 Å². The summed E-state index contributed by atoms with van der Waals surface area (Å²) in [5.41, 5.74) is 6.71. The van der Waals surface area contributed by atoms with Crippen LogP contribution in [0.3, 0.4) is 0 Å². The van der Waals surface area contributed by atoms with Gasteiger partial charge in [-0.1, -0.05) is 18.9 Å². The van der Waals surface area contributed by atoms with Gasteiger partial charge in [0.05, 0.1) is 0 Å². The number of nitrogens with one attached hydrogen (secondary N) is 1. The van der Waals surface area contributed by atoms with E-state index in [0.717, 1.165) is 12.8 Å². The van der Waals surface area contributed by atoms with Crippen LogP contribution in [-0.2, 0) is 0 Å². The van der Waals surface area contributed by atoms with Gasteiger partial charge in [-0.2, -0.15) is 0 Å². The van der Waals surface area contributed by atoms with Gasteiger partial charge < -0.3 is 11.1 Å². The van der Waals surface area contributed by atoms with E-state index in [-0.39, 0.29) is 5.91 Å². The fourth-order valence-corrected chi connectivity index (χ4v) is 2.73. The predicted octanol–water partition coefficient (Wildman–Crippen LogP) is 2.12. The smallest absolute Gasteiger partial charge is 0.319 e. The molecule has 1 aliphatic rings. The summed E-state index contributed by atoms with van der Waals surface area (Å²) in [4.78, 5) is 24.9. The number of amides is 3. The Labute approximate surface area is 119 Å². The summed E-state index contributed by atoms with van der Waals surface area (Å²) in [6, 6.07) is 6.54. The average molecular weight is 275 g/mol. The molecule has 0 bridgehead atoms. The van der Waals surface area contributed by atoms with Crippen molar-refractivity contribution in [1.29, 1.82) is 0 Å². The van der Waals surface area contributed by atoms with Crippen molar-refractivity contribution >= 4 is 17.6 Å². The standard InChI is InChI=1S/C15H21N3O2/c1-17-14(19)12-7-4-8-13(9-12)18(15(16)20)10-11-5-2-3-6-11/h4,7-9,11H,2-3,5-6,10H2,1H3,(H2,16,20)(H,17,19). The molecule has 0 saturated heterocycles. The molecule has 1 saturated carbocycles. The van der Waals surface area contributed by atoms with Crippen molar-refractivity contribution < 1.29 is 9.59 Å². The van der Waals surface area contributed by atoms with Crippen LogP contribution in [0, 0.1) is 5.92 Å². The maximum absolute atomic E-state index is 11.7. The Kier molecular flexibility index (Phi) is 4.61. The van der Waals surface area contributed by atoms with Crippen LogP contribution in [0.5, 0.6) is 0 Å². The zero-order valence-electron chi connectivity index (χ0n) is 11.8. The molecule has 0 aromatic heterocycles. The van der Waals surface area contributed by atoms with Crippen LogP contribution < -0.4 is 16.0 Å². The third-order valence-electron chi connectivity index (χ3n) is 3.83. The number of nitrogens with two attached hydrogens (primary N) is 1. The van der Waals surface area contributed by atoms with Gasteiger partial charge in [0.25, 0.3) is 5.91 Å². The van der Waals surface area contributed by atoms with Crippen molar-refractivity contribution in [3.05, 3.63) is 29.8 Å². The summed E-state index contributed by atoms with van der Waals surface area (Å²) in [6.45, 7) is 0.631. The number of carbonyl (C=O) groups is 2. The number of hydrogen-bond acceptors (Lipinski definition) is 2. The molecule has 1 aromatic carbocycles. The number of carbonyl (C=O) groups excluding carboxylic acids is 2. The minimum Gasteiger partial charge on any atom is -0.355 e. The van der Waals surface area contributed by atoms with Crippen LogP contribution in [0.1, 0.15) is 36.0 Å². The predicted molar refractivity (Wildman–Crippen MR) is 78.7 cm³/mol. The molecule has 20 heavy (non-hydrogen) atoms. The number of rotatable bonds is 4. The number of nitrogens with zero attached hydrogens (tertiary/aromatic N) is 1. The number of anilines is 1. The molecule has 0 unspecified atom stereocenters. The van der Waals surface area contributed by atoms with E-state index in [2.05, 4.69) is 5.32 Å². The van der Waals surface area contributed by atoms with Gasteiger partial charge in [0.15, 0.2) is 0 Å². The van der Waals surface area contributed by atoms with E-state index in [1.807, 2.05) is 6.07 Å². The van der Waals surface area contributed by atoms with Crippen molar-refractivity contribution in [1.82, 2.24) is 5.32 Å². The average Bonchev–Trinajstić information content (AvgIpc) is 2.96. The van der Waals surface area contributed by atoms with Crippen LogP contribution in [0.25, 0.3) is 0 Å². The second-order valence-corrected chi connectivity index (χ2v) is 5.23. The van der Waals surface area contributed by atoms with Gasteiger partial charge >= 0.3 is 6.03 Å². The molecule has 0 heterocycles. The van der Waals surface area contributed by atoms with Gasteiger partial charge in [-0.25, -0.2) is 4.79 Å². The van der Waals surface area contributed by atoms with E-state index < -0.39 is 6.03 Å². The first-order chi connectivity index (χ1) is 9.61. The van der Waals surface area contributed by atoms with Gasteiger partial charge in [0, 0.05) is 24.8 Å². The van der Waals surface area contributed by atoms with Gasteiger partial charge in [-0.15, -0.1) is 0 Å². The lowest BCUT2D eigenvalue weighted by Crippen LogP contribution is -2.39. The van der Waals surface area contributed by atoms with E-state index in [1.54, 1.807) is 30.1 Å². The second-order valence-electron chi connectivity index (χ2n) is 5.23. The lowest BCUT2D eigenvalue weighted by atomic mass is 10.1. The van der Waals surface area contributed by atoms with Crippen LogP contribution >= 0.6 is 0 Å². The number of primary amides is 1. The molecular weight excluding hydrogens is 254 g/mol. The van der Waals surface area contributed by atoms with Crippen LogP contribution in [0.2, 0.25) is 0 Å². The molecule has 0 atom stereocenters. The maximum Gasteiger partial charge on any atom is 0.319 e. The molecule has 0 spiro atoms. The zero-order valence-corrected chi connectivity index (χ0v) is 11.8. The highest BCUT2D eigenvalue weighted by molar-refractivity contribution is 5.97. The first-order valence-electron chi connectivity index (χ1n) is 7.01. The monoisotopic (exact) mass is 275 g/mol. The summed E-state index contributed by atoms with van der Waals surface area (Å²) < 4.78 is 0. The first kappa shape index (κ1) is 14.4. The first-order valence-corrected chi connectivity index (χ1v) is 7.01. The Balaban J connectivity index is 2.20. The summed E-state index contributed by atoms with van der Waals surface area (Å²) in [6.07, 6.45) is 4.71. The molecule has 0 radical (unpaired) electrons. The summed E-state index contributed by atoms with van der Waals surface area (Å²) in [7, 11) is 1.58. The zero-order chi connectivity index (χ0) is 14.5. The highest BCUT2D eigenvalue weighted by atomic mass is 16.2. The molecule has 1 aromatic rings. The topological polar surface area (TPSA) is 75.4 Å². The van der Waals surface area contributed by atoms with Gasteiger partial charge in [0.2, 0.25) is 0 Å². The van der Waals surface area contributed by atoms with E-state index in [1.165, 1.54) is 12.8 Å². The van der Waals surface area contributed by atoms with Crippen molar-refractivity contribution in [3.63, 3.8) is 0 Å². The lowest BCUT2D eigenvalue weighted by molar-refractivity contribution is 0.0963. The van der Waals surface area contributed by atoms with Gasteiger partial charge in [-0.05, 0) is 37.0 Å². The van der Waals surface area contributed by atoms with Crippen LogP contribution in [0.4, 0.5) is 10.5 Å². The maximum atomic E-state index is 11.7. The molecule has 1 fully saturated rings. The number of urea groups is 1. The van der Waals surface area contributed by atoms with Crippen molar-refractivity contribution in [2.45, 2.75) is 25.7 Å². The van der Waals surface area contributed by atoms with Gasteiger partial charge in [-0.3, -0.25) is 9.69 Å². The van der Waals surface area contributed by atoms with Crippen LogP contribution in [-0.4, -0.2) is 25.5 Å². The SMILES string of the molecule is CNC(=O)c1cccc(N(CC2CCCC2)C(N)=O)c1. The number of benzene rings is 1. The van der Waals surface area contributed by atoms with E-state index >= 15 is 0 Å². The van der Waals surface area contributed by atoms with Crippen molar-refractivity contribution in [2.24, 2.45) is 11.7 Å². The highest BCUT2D eigenvalue weighted by Crippen LogP contribution is 2.27. The minimum atomic E-state index is -0.467. The van der Waals surface area contributed by atoms with E-state index in [4.69, 9.17) is 5.73 Å². The molecule has 1 aliphatic carbocycles. The Bertz CT molecular complexity index is 496. The Morgan fingerprint density at radius 2 is 2.05 bits per heavy atom. The molecule has 3 N–H and O–H groups in total. The Morgan fingerprint density at radius 1 is 1.35 bits per heavy atom. The Hall–Kier alpha value is -2.04. The summed E-state index contributed by atoms with van der Waals surface area (Å²) >= 11 is 0. The molecule has 108 valence electrons. The molecule has 3 amide bonds. The summed E-state index contributed by atoms with van der Waals surface area (Å²) in [5, 5.41) is 2.58. The fourth-order valence-electron chi connectivity index (χ4n) is 2.73. The lowest BCUT2D eigenvalue weighted by Gasteiger charge is -2.24. The van der Waals surface area contributed by atoms with Crippen LogP contribution in [0.15, 0.2) is 24.3 Å². The molecule has 2 rings (SSSR count). The molecule has 5 heteroatoms. The third-order valence-corrected chi connectivity index (χ3v) is 3.83.